The van der Waals surface area contributed by atoms with Crippen LogP contribution in [0.3, 0.4) is 0 Å². The predicted octanol–water partition coefficient (Wildman–Crippen LogP) is 0.343. The van der Waals surface area contributed by atoms with Gasteiger partial charge in [-0.3, -0.25) is 4.68 Å². The van der Waals surface area contributed by atoms with Crippen LogP contribution in [0.15, 0.2) is 41.8 Å². The molecular formula is C12H14N4O4S. The number of carboxylic acids is 1. The van der Waals surface area contributed by atoms with E-state index in [2.05, 4.69) is 14.8 Å². The number of hydrogen-bond donors (Lipinski definition) is 2. The normalized spacial score (nSPS) is 13.0. The number of carboxylic acid groups (broad SMARTS) is 1. The molecule has 0 aliphatic rings. The summed E-state index contributed by atoms with van der Waals surface area (Å²) in [5.74, 6) is -1.16. The topological polar surface area (TPSA) is 114 Å². The van der Waals surface area contributed by atoms with E-state index in [0.29, 0.717) is 6.54 Å². The molecule has 21 heavy (non-hydrogen) atoms. The molecule has 0 saturated carbocycles. The van der Waals surface area contributed by atoms with Crippen LogP contribution in [0.25, 0.3) is 0 Å². The first-order valence-corrected chi connectivity index (χ1v) is 7.56. The van der Waals surface area contributed by atoms with Crippen LogP contribution in [-0.4, -0.2) is 40.3 Å². The number of aromatic carboxylic acids is 1. The van der Waals surface area contributed by atoms with Gasteiger partial charge >= 0.3 is 5.97 Å². The first-order chi connectivity index (χ1) is 9.88. The van der Waals surface area contributed by atoms with E-state index in [1.807, 2.05) is 0 Å². The van der Waals surface area contributed by atoms with Crippen molar-refractivity contribution in [3.63, 3.8) is 0 Å². The second-order valence-electron chi connectivity index (χ2n) is 4.44. The summed E-state index contributed by atoms with van der Waals surface area (Å²) in [5, 5.41) is 12.5. The van der Waals surface area contributed by atoms with Gasteiger partial charge in [0.25, 0.3) is 10.0 Å². The van der Waals surface area contributed by atoms with Crippen LogP contribution >= 0.6 is 0 Å². The second kappa shape index (κ2) is 6.02. The number of nitrogens with one attached hydrogen (secondary N) is 1. The van der Waals surface area contributed by atoms with Gasteiger partial charge in [-0.15, -0.1) is 0 Å². The molecular weight excluding hydrogens is 296 g/mol. The van der Waals surface area contributed by atoms with Crippen molar-refractivity contribution >= 4 is 16.0 Å². The van der Waals surface area contributed by atoms with Crippen molar-refractivity contribution < 1.29 is 18.3 Å². The molecule has 0 radical (unpaired) electrons. The fraction of sp³-hybridized carbons (Fsp3) is 0.250. The third-order valence-corrected chi connectivity index (χ3v) is 4.14. The lowest BCUT2D eigenvalue weighted by Gasteiger charge is -2.13. The minimum atomic E-state index is -3.80. The van der Waals surface area contributed by atoms with Crippen LogP contribution in [0.2, 0.25) is 0 Å². The van der Waals surface area contributed by atoms with Crippen LogP contribution < -0.4 is 4.72 Å². The lowest BCUT2D eigenvalue weighted by molar-refractivity contribution is 0.0696. The Labute approximate surface area is 121 Å². The van der Waals surface area contributed by atoms with Crippen molar-refractivity contribution in [3.8, 4) is 0 Å². The number of sulfonamides is 1. The summed E-state index contributed by atoms with van der Waals surface area (Å²) in [6.07, 6.45) is 4.34. The smallest absolute Gasteiger partial charge is 0.337 e. The van der Waals surface area contributed by atoms with E-state index in [1.165, 1.54) is 6.07 Å². The zero-order chi connectivity index (χ0) is 15.5. The first-order valence-electron chi connectivity index (χ1n) is 6.07. The number of hydrogen-bond acceptors (Lipinski definition) is 5. The standard InChI is InChI=1S/C12H14N4O4S/c1-9(8-16-6-2-5-14-16)15-21(19,20)11-4-3-10(7-13-11)12(17)18/h2-7,9,15H,8H2,1H3,(H,17,18). The number of aromatic nitrogens is 3. The highest BCUT2D eigenvalue weighted by molar-refractivity contribution is 7.89. The highest BCUT2D eigenvalue weighted by Crippen LogP contribution is 2.08. The Balaban J connectivity index is 2.08. The molecule has 0 spiro atoms. The van der Waals surface area contributed by atoms with Gasteiger partial charge < -0.3 is 5.11 Å². The Morgan fingerprint density at radius 2 is 2.24 bits per heavy atom. The molecule has 2 N–H and O–H groups in total. The van der Waals surface area contributed by atoms with Crippen molar-refractivity contribution in [1.29, 1.82) is 0 Å². The third kappa shape index (κ3) is 3.86. The Morgan fingerprint density at radius 3 is 2.76 bits per heavy atom. The molecule has 1 atom stereocenters. The van der Waals surface area contributed by atoms with Gasteiger partial charge in [0.05, 0.1) is 12.1 Å². The summed E-state index contributed by atoms with van der Waals surface area (Å²) in [7, 11) is -3.80. The number of pyridine rings is 1. The average molecular weight is 310 g/mol. The van der Waals surface area contributed by atoms with E-state index in [1.54, 1.807) is 30.1 Å². The van der Waals surface area contributed by atoms with Crippen molar-refractivity contribution in [2.24, 2.45) is 0 Å². The molecule has 0 fully saturated rings. The van der Waals surface area contributed by atoms with Crippen molar-refractivity contribution in [2.75, 3.05) is 0 Å². The summed E-state index contributed by atoms with van der Waals surface area (Å²) < 4.78 is 28.3. The van der Waals surface area contributed by atoms with E-state index < -0.39 is 22.0 Å². The summed E-state index contributed by atoms with van der Waals surface area (Å²) in [5.41, 5.74) is -0.0708. The van der Waals surface area contributed by atoms with Crippen molar-refractivity contribution in [1.82, 2.24) is 19.5 Å². The van der Waals surface area contributed by atoms with E-state index >= 15 is 0 Å². The van der Waals surface area contributed by atoms with E-state index in [-0.39, 0.29) is 10.6 Å². The molecule has 0 aromatic carbocycles. The zero-order valence-electron chi connectivity index (χ0n) is 11.2. The van der Waals surface area contributed by atoms with Crippen LogP contribution in [0.4, 0.5) is 0 Å². The molecule has 0 bridgehead atoms. The molecule has 2 aromatic rings. The van der Waals surface area contributed by atoms with Gasteiger partial charge in [0.15, 0.2) is 5.03 Å². The monoisotopic (exact) mass is 310 g/mol. The molecule has 0 aliphatic heterocycles. The quantitative estimate of drug-likeness (QED) is 0.795. The minimum Gasteiger partial charge on any atom is -0.478 e. The minimum absolute atomic E-state index is 0.0708. The van der Waals surface area contributed by atoms with Crippen LogP contribution in [0, 0.1) is 0 Å². The largest absolute Gasteiger partial charge is 0.478 e. The highest BCUT2D eigenvalue weighted by atomic mass is 32.2. The maximum atomic E-state index is 12.1. The first kappa shape index (κ1) is 15.1. The Kier molecular flexibility index (Phi) is 4.34. The summed E-state index contributed by atoms with van der Waals surface area (Å²) in [6, 6.07) is 3.71. The molecule has 8 nitrogen and oxygen atoms in total. The molecule has 0 aliphatic carbocycles. The van der Waals surface area contributed by atoms with Gasteiger partial charge in [-0.2, -0.15) is 5.10 Å². The van der Waals surface area contributed by atoms with Crippen molar-refractivity contribution in [3.05, 3.63) is 42.4 Å². The van der Waals surface area contributed by atoms with Crippen LogP contribution in [-0.2, 0) is 16.6 Å². The lowest BCUT2D eigenvalue weighted by atomic mass is 10.3. The molecule has 2 rings (SSSR count). The van der Waals surface area contributed by atoms with Gasteiger partial charge in [-0.25, -0.2) is 22.9 Å². The molecule has 2 heterocycles. The molecule has 0 amide bonds. The SMILES string of the molecule is CC(Cn1cccn1)NS(=O)(=O)c1ccc(C(=O)O)cn1. The number of carbonyl (C=O) groups is 1. The Hall–Kier alpha value is -2.26. The van der Waals surface area contributed by atoms with Gasteiger partial charge in [0.2, 0.25) is 0 Å². The summed E-state index contributed by atoms with van der Waals surface area (Å²) >= 11 is 0. The Morgan fingerprint density at radius 1 is 1.48 bits per heavy atom. The summed E-state index contributed by atoms with van der Waals surface area (Å²) in [6.45, 7) is 2.07. The third-order valence-electron chi connectivity index (χ3n) is 2.64. The maximum Gasteiger partial charge on any atom is 0.337 e. The fourth-order valence-electron chi connectivity index (χ4n) is 1.72. The number of rotatable bonds is 6. The summed E-state index contributed by atoms with van der Waals surface area (Å²) in [4.78, 5) is 14.4. The van der Waals surface area contributed by atoms with E-state index in [9.17, 15) is 13.2 Å². The van der Waals surface area contributed by atoms with Crippen LogP contribution in [0.1, 0.15) is 17.3 Å². The zero-order valence-corrected chi connectivity index (χ0v) is 12.0. The van der Waals surface area contributed by atoms with Gasteiger partial charge in [0, 0.05) is 24.6 Å². The van der Waals surface area contributed by atoms with Gasteiger partial charge in [-0.05, 0) is 25.1 Å². The fourth-order valence-corrected chi connectivity index (χ4v) is 2.88. The van der Waals surface area contributed by atoms with Gasteiger partial charge in [-0.1, -0.05) is 0 Å². The molecule has 1 unspecified atom stereocenters. The molecule has 9 heteroatoms. The molecule has 0 saturated heterocycles. The number of nitrogens with zero attached hydrogens (tertiary/aromatic N) is 3. The van der Waals surface area contributed by atoms with E-state index in [4.69, 9.17) is 5.11 Å². The Bertz CT molecular complexity index is 710. The lowest BCUT2D eigenvalue weighted by Crippen LogP contribution is -2.36. The average Bonchev–Trinajstić information content (AvgIpc) is 2.90. The van der Waals surface area contributed by atoms with Crippen LogP contribution in [0.5, 0.6) is 0 Å². The predicted molar refractivity (Wildman–Crippen MR) is 73.2 cm³/mol. The maximum absolute atomic E-state index is 12.1. The second-order valence-corrected chi connectivity index (χ2v) is 6.10. The molecule has 2 aromatic heterocycles. The van der Waals surface area contributed by atoms with Gasteiger partial charge in [0.1, 0.15) is 0 Å². The highest BCUT2D eigenvalue weighted by Gasteiger charge is 2.19. The molecule has 112 valence electrons. The van der Waals surface area contributed by atoms with Crippen molar-refractivity contribution in [2.45, 2.75) is 24.5 Å². The van der Waals surface area contributed by atoms with E-state index in [0.717, 1.165) is 12.3 Å².